The van der Waals surface area contributed by atoms with Crippen LogP contribution in [0.2, 0.25) is 0 Å². The summed E-state index contributed by atoms with van der Waals surface area (Å²) >= 11 is 0. The van der Waals surface area contributed by atoms with Crippen LogP contribution in [0.1, 0.15) is 31.6 Å². The number of hydrogen-bond acceptors (Lipinski definition) is 6. The van der Waals surface area contributed by atoms with Crippen LogP contribution < -0.4 is 10.6 Å². The molecule has 2 fully saturated rings. The minimum absolute atomic E-state index is 0.164. The van der Waals surface area contributed by atoms with Crippen LogP contribution in [-0.4, -0.2) is 57.2 Å². The summed E-state index contributed by atoms with van der Waals surface area (Å²) in [5.41, 5.74) is 1.58. The smallest absolute Gasteiger partial charge is 0.324 e. The summed E-state index contributed by atoms with van der Waals surface area (Å²) < 4.78 is 18.1. The quantitative estimate of drug-likeness (QED) is 0.649. The molecule has 5 rings (SSSR count). The third-order valence-corrected chi connectivity index (χ3v) is 6.20. The van der Waals surface area contributed by atoms with Gasteiger partial charge in [0.2, 0.25) is 5.95 Å². The summed E-state index contributed by atoms with van der Waals surface area (Å²) in [6.45, 7) is 1.80. The molecule has 0 spiro atoms. The molecule has 2 aliphatic heterocycles. The minimum atomic E-state index is -0.368. The molecule has 2 amide bonds. The van der Waals surface area contributed by atoms with Crippen LogP contribution in [0.4, 0.5) is 15.1 Å². The van der Waals surface area contributed by atoms with Crippen molar-refractivity contribution in [3.8, 4) is 11.3 Å². The van der Waals surface area contributed by atoms with Crippen molar-refractivity contribution in [2.24, 2.45) is 0 Å². The van der Waals surface area contributed by atoms with E-state index in [1.54, 1.807) is 19.3 Å². The molecule has 2 saturated heterocycles. The number of nitrogens with one attached hydrogen (secondary N) is 2. The van der Waals surface area contributed by atoms with Gasteiger partial charge in [-0.2, -0.15) is 0 Å². The van der Waals surface area contributed by atoms with Crippen LogP contribution >= 0.6 is 0 Å². The number of carbonyl (C=O) groups excluding carboxylic acids is 1. The van der Waals surface area contributed by atoms with Gasteiger partial charge in [-0.15, -0.1) is 0 Å². The number of nitrogens with zero attached hydrogens (tertiary/aromatic N) is 4. The molecule has 3 aromatic rings. The SMILES string of the molecule is Cc1ncc(-c2ccc3cnc(NC(=O)N4[C@@H]5CC[C@H]4C[C@H](NCCF)C5)nc3c2)o1. The average molecular weight is 424 g/mol. The summed E-state index contributed by atoms with van der Waals surface area (Å²) in [6.07, 6.45) is 7.04. The van der Waals surface area contributed by atoms with E-state index in [1.165, 1.54) is 0 Å². The highest BCUT2D eigenvalue weighted by Crippen LogP contribution is 2.36. The first kappa shape index (κ1) is 19.9. The maximum Gasteiger partial charge on any atom is 0.324 e. The molecule has 162 valence electrons. The molecule has 2 bridgehead atoms. The number of anilines is 1. The molecule has 0 radical (unpaired) electrons. The molecule has 3 atom stereocenters. The van der Waals surface area contributed by atoms with Crippen LogP contribution in [0, 0.1) is 6.92 Å². The second kappa shape index (κ2) is 8.22. The molecule has 0 saturated carbocycles. The van der Waals surface area contributed by atoms with E-state index in [1.807, 2.05) is 23.1 Å². The number of benzene rings is 1. The van der Waals surface area contributed by atoms with Crippen molar-refractivity contribution in [1.29, 1.82) is 0 Å². The van der Waals surface area contributed by atoms with E-state index < -0.39 is 0 Å². The molecule has 0 unspecified atom stereocenters. The summed E-state index contributed by atoms with van der Waals surface area (Å²) in [5, 5.41) is 7.00. The van der Waals surface area contributed by atoms with Gasteiger partial charge in [0.1, 0.15) is 6.67 Å². The second-order valence-electron chi connectivity index (χ2n) is 8.24. The molecule has 4 heterocycles. The normalized spacial score (nSPS) is 22.8. The standard InChI is InChI=1S/C22H25FN6O2/c1-13-25-12-20(31-13)14-2-3-15-11-26-21(27-19(15)8-14)28-22(30)29-17-4-5-18(29)10-16(9-17)24-7-6-23/h2-3,8,11-12,16-18,24H,4-7,9-10H2,1H3,(H,26,27,28,30)/t16-,17-,18+. The predicted molar refractivity (Wildman–Crippen MR) is 114 cm³/mol. The van der Waals surface area contributed by atoms with Crippen LogP contribution in [0.15, 0.2) is 35.0 Å². The fourth-order valence-electron chi connectivity index (χ4n) is 4.83. The predicted octanol–water partition coefficient (Wildman–Crippen LogP) is 3.68. The zero-order valence-electron chi connectivity index (χ0n) is 17.3. The number of fused-ring (bicyclic) bond motifs is 3. The van der Waals surface area contributed by atoms with E-state index in [9.17, 15) is 9.18 Å². The maximum absolute atomic E-state index is 13.0. The summed E-state index contributed by atoms with van der Waals surface area (Å²) in [7, 11) is 0. The van der Waals surface area contributed by atoms with E-state index >= 15 is 0 Å². The fourth-order valence-corrected chi connectivity index (χ4v) is 4.83. The number of piperidine rings is 1. The third kappa shape index (κ3) is 3.97. The number of amides is 2. The maximum atomic E-state index is 13.0. The lowest BCUT2D eigenvalue weighted by Gasteiger charge is -2.39. The van der Waals surface area contributed by atoms with Crippen LogP contribution in [0.25, 0.3) is 22.2 Å². The van der Waals surface area contributed by atoms with Crippen molar-refractivity contribution < 1.29 is 13.6 Å². The number of oxazole rings is 1. The Bertz CT molecular complexity index is 1090. The number of hydrogen-bond donors (Lipinski definition) is 2. The van der Waals surface area contributed by atoms with Gasteiger partial charge in [-0.3, -0.25) is 5.32 Å². The topological polar surface area (TPSA) is 96.2 Å². The van der Waals surface area contributed by atoms with Crippen molar-refractivity contribution in [2.75, 3.05) is 18.5 Å². The van der Waals surface area contributed by atoms with Crippen molar-refractivity contribution in [1.82, 2.24) is 25.2 Å². The van der Waals surface area contributed by atoms with E-state index in [-0.39, 0.29) is 36.8 Å². The van der Waals surface area contributed by atoms with E-state index in [2.05, 4.69) is 25.6 Å². The molecule has 2 aromatic heterocycles. The number of alkyl halides is 1. The third-order valence-electron chi connectivity index (χ3n) is 6.20. The average Bonchev–Trinajstić information content (AvgIpc) is 3.32. The monoisotopic (exact) mass is 424 g/mol. The first-order valence-corrected chi connectivity index (χ1v) is 10.7. The Hall–Kier alpha value is -3.07. The minimum Gasteiger partial charge on any atom is -0.441 e. The first-order valence-electron chi connectivity index (χ1n) is 10.7. The first-order chi connectivity index (χ1) is 15.1. The van der Waals surface area contributed by atoms with Gasteiger partial charge in [0, 0.05) is 48.7 Å². The molecule has 2 aliphatic rings. The van der Waals surface area contributed by atoms with Gasteiger partial charge in [0.15, 0.2) is 11.7 Å². The number of urea groups is 1. The lowest BCUT2D eigenvalue weighted by molar-refractivity contribution is 0.141. The zero-order chi connectivity index (χ0) is 21.4. The Morgan fingerprint density at radius 3 is 2.74 bits per heavy atom. The Kier molecular flexibility index (Phi) is 5.27. The van der Waals surface area contributed by atoms with Crippen LogP contribution in [0.5, 0.6) is 0 Å². The van der Waals surface area contributed by atoms with Gasteiger partial charge in [0.05, 0.1) is 11.7 Å². The van der Waals surface area contributed by atoms with Crippen LogP contribution in [-0.2, 0) is 0 Å². The summed E-state index contributed by atoms with van der Waals surface area (Å²) in [5.74, 6) is 1.55. The Labute approximate surface area is 179 Å². The molecule has 9 heteroatoms. The highest BCUT2D eigenvalue weighted by atomic mass is 19.1. The lowest BCUT2D eigenvalue weighted by atomic mass is 9.97. The van der Waals surface area contributed by atoms with Gasteiger partial charge in [-0.25, -0.2) is 24.1 Å². The van der Waals surface area contributed by atoms with Crippen molar-refractivity contribution in [2.45, 2.75) is 50.7 Å². The Morgan fingerprint density at radius 1 is 1.23 bits per heavy atom. The fraction of sp³-hybridized carbons (Fsp3) is 0.455. The zero-order valence-corrected chi connectivity index (χ0v) is 17.3. The molecule has 1 aromatic carbocycles. The molecule has 31 heavy (non-hydrogen) atoms. The van der Waals surface area contributed by atoms with Gasteiger partial charge in [-0.05, 0) is 31.7 Å². The number of rotatable bonds is 5. The van der Waals surface area contributed by atoms with Gasteiger partial charge in [-0.1, -0.05) is 12.1 Å². The molecular formula is C22H25FN6O2. The Morgan fingerprint density at radius 2 is 2.03 bits per heavy atom. The van der Waals surface area contributed by atoms with Gasteiger partial charge in [0.25, 0.3) is 0 Å². The molecule has 8 nitrogen and oxygen atoms in total. The van der Waals surface area contributed by atoms with E-state index in [0.29, 0.717) is 23.7 Å². The highest BCUT2D eigenvalue weighted by Gasteiger charge is 2.43. The van der Waals surface area contributed by atoms with Crippen LogP contribution in [0.3, 0.4) is 0 Å². The van der Waals surface area contributed by atoms with E-state index in [0.717, 1.165) is 36.6 Å². The number of aryl methyl sites for hydroxylation is 1. The highest BCUT2D eigenvalue weighted by molar-refractivity contribution is 5.90. The van der Waals surface area contributed by atoms with Gasteiger partial charge >= 0.3 is 6.03 Å². The second-order valence-corrected chi connectivity index (χ2v) is 8.24. The van der Waals surface area contributed by atoms with Crippen molar-refractivity contribution in [3.63, 3.8) is 0 Å². The number of carbonyl (C=O) groups is 1. The Balaban J connectivity index is 1.31. The van der Waals surface area contributed by atoms with Crippen molar-refractivity contribution >= 4 is 22.9 Å². The summed E-state index contributed by atoms with van der Waals surface area (Å²) in [4.78, 5) is 27.9. The van der Waals surface area contributed by atoms with Gasteiger partial charge < -0.3 is 14.6 Å². The molecule has 0 aliphatic carbocycles. The number of aromatic nitrogens is 3. The molecular weight excluding hydrogens is 399 g/mol. The summed E-state index contributed by atoms with van der Waals surface area (Å²) in [6, 6.07) is 6.19. The molecule has 2 N–H and O–H groups in total. The largest absolute Gasteiger partial charge is 0.441 e. The number of halogens is 1. The van der Waals surface area contributed by atoms with Crippen molar-refractivity contribution in [3.05, 3.63) is 36.5 Å². The van der Waals surface area contributed by atoms with E-state index in [4.69, 9.17) is 4.42 Å². The lowest BCUT2D eigenvalue weighted by Crippen LogP contribution is -2.53.